The van der Waals surface area contributed by atoms with Crippen LogP contribution in [0.1, 0.15) is 19.4 Å². The highest BCUT2D eigenvalue weighted by Crippen LogP contribution is 2.16. The molecule has 3 nitrogen and oxygen atoms in total. The molecule has 0 saturated heterocycles. The summed E-state index contributed by atoms with van der Waals surface area (Å²) in [6.07, 6.45) is 0. The van der Waals surface area contributed by atoms with Gasteiger partial charge in [0, 0.05) is 12.2 Å². The summed E-state index contributed by atoms with van der Waals surface area (Å²) in [4.78, 5) is 12.7. The molecular formula is C13H19NO2. The van der Waals surface area contributed by atoms with Crippen LogP contribution in [0.25, 0.3) is 0 Å². The molecule has 0 aromatic heterocycles. The van der Waals surface area contributed by atoms with Crippen molar-refractivity contribution in [3.8, 4) is 0 Å². The standard InChI is InChI=1S/C13H19NO2/c1-10(2)8-14(9-13(15)16)12-6-4-11(3)5-7-12/h4-7,10H,8-9H2,1-3H3,(H,15,16). The number of hydrogen-bond acceptors (Lipinski definition) is 2. The molecule has 88 valence electrons. The monoisotopic (exact) mass is 221 g/mol. The van der Waals surface area contributed by atoms with Crippen LogP contribution in [0.15, 0.2) is 24.3 Å². The van der Waals surface area contributed by atoms with Gasteiger partial charge >= 0.3 is 5.97 Å². The Balaban J connectivity index is 2.82. The van der Waals surface area contributed by atoms with Gasteiger partial charge in [0.25, 0.3) is 0 Å². The molecule has 0 aliphatic rings. The van der Waals surface area contributed by atoms with Crippen LogP contribution < -0.4 is 4.90 Å². The van der Waals surface area contributed by atoms with Crippen LogP contribution in [0.4, 0.5) is 5.69 Å². The minimum Gasteiger partial charge on any atom is -0.480 e. The van der Waals surface area contributed by atoms with E-state index in [2.05, 4.69) is 13.8 Å². The molecule has 3 heteroatoms. The summed E-state index contributed by atoms with van der Waals surface area (Å²) in [5.41, 5.74) is 2.16. The van der Waals surface area contributed by atoms with Crippen molar-refractivity contribution in [3.63, 3.8) is 0 Å². The fraction of sp³-hybridized carbons (Fsp3) is 0.462. The number of benzene rings is 1. The van der Waals surface area contributed by atoms with Gasteiger partial charge in [-0.2, -0.15) is 0 Å². The molecule has 1 rings (SSSR count). The summed E-state index contributed by atoms with van der Waals surface area (Å²) >= 11 is 0. The number of aliphatic carboxylic acids is 1. The van der Waals surface area contributed by atoms with Gasteiger partial charge < -0.3 is 10.0 Å². The molecule has 0 spiro atoms. The van der Waals surface area contributed by atoms with Crippen LogP contribution in [0.5, 0.6) is 0 Å². The third kappa shape index (κ3) is 3.93. The van der Waals surface area contributed by atoms with Gasteiger partial charge in [-0.15, -0.1) is 0 Å². The first-order valence-electron chi connectivity index (χ1n) is 5.52. The molecule has 0 fully saturated rings. The molecule has 0 radical (unpaired) electrons. The molecule has 16 heavy (non-hydrogen) atoms. The van der Waals surface area contributed by atoms with Gasteiger partial charge in [0.15, 0.2) is 0 Å². The number of carboxylic acids is 1. The lowest BCUT2D eigenvalue weighted by molar-refractivity contribution is -0.135. The van der Waals surface area contributed by atoms with E-state index in [-0.39, 0.29) is 6.54 Å². The first-order valence-corrected chi connectivity index (χ1v) is 5.52. The van der Waals surface area contributed by atoms with Crippen molar-refractivity contribution in [1.82, 2.24) is 0 Å². The zero-order chi connectivity index (χ0) is 12.1. The Morgan fingerprint density at radius 3 is 2.31 bits per heavy atom. The number of carboxylic acid groups (broad SMARTS) is 1. The second kappa shape index (κ2) is 5.54. The molecular weight excluding hydrogens is 202 g/mol. The third-order valence-electron chi connectivity index (χ3n) is 2.31. The zero-order valence-corrected chi connectivity index (χ0v) is 10.1. The normalized spacial score (nSPS) is 10.5. The van der Waals surface area contributed by atoms with Crippen molar-refractivity contribution < 1.29 is 9.90 Å². The topological polar surface area (TPSA) is 40.5 Å². The highest BCUT2D eigenvalue weighted by atomic mass is 16.4. The Morgan fingerprint density at radius 2 is 1.88 bits per heavy atom. The molecule has 0 aliphatic heterocycles. The first-order chi connectivity index (χ1) is 7.49. The van der Waals surface area contributed by atoms with Crippen LogP contribution in [0.2, 0.25) is 0 Å². The van der Waals surface area contributed by atoms with E-state index in [1.165, 1.54) is 5.56 Å². The van der Waals surface area contributed by atoms with Crippen molar-refractivity contribution in [2.24, 2.45) is 5.92 Å². The molecule has 0 aliphatic carbocycles. The number of anilines is 1. The quantitative estimate of drug-likeness (QED) is 0.830. The van der Waals surface area contributed by atoms with Crippen LogP contribution in [0, 0.1) is 12.8 Å². The van der Waals surface area contributed by atoms with E-state index in [4.69, 9.17) is 5.11 Å². The fourth-order valence-corrected chi connectivity index (χ4v) is 1.62. The highest BCUT2D eigenvalue weighted by Gasteiger charge is 2.11. The van der Waals surface area contributed by atoms with Gasteiger partial charge in [-0.1, -0.05) is 31.5 Å². The van der Waals surface area contributed by atoms with E-state index in [1.807, 2.05) is 36.1 Å². The van der Waals surface area contributed by atoms with Crippen molar-refractivity contribution in [3.05, 3.63) is 29.8 Å². The predicted molar refractivity (Wildman–Crippen MR) is 65.9 cm³/mol. The average Bonchev–Trinajstić information content (AvgIpc) is 2.16. The van der Waals surface area contributed by atoms with E-state index < -0.39 is 5.97 Å². The summed E-state index contributed by atoms with van der Waals surface area (Å²) in [5, 5.41) is 8.87. The summed E-state index contributed by atoms with van der Waals surface area (Å²) in [6, 6.07) is 7.95. The van der Waals surface area contributed by atoms with Gasteiger partial charge in [-0.05, 0) is 25.0 Å². The van der Waals surface area contributed by atoms with Gasteiger partial charge in [0.05, 0.1) is 0 Å². The van der Waals surface area contributed by atoms with Gasteiger partial charge in [0.2, 0.25) is 0 Å². The minimum atomic E-state index is -0.791. The van der Waals surface area contributed by atoms with E-state index in [0.717, 1.165) is 12.2 Å². The predicted octanol–water partition coefficient (Wildman–Crippen LogP) is 2.54. The van der Waals surface area contributed by atoms with E-state index in [0.29, 0.717) is 5.92 Å². The van der Waals surface area contributed by atoms with Crippen LogP contribution >= 0.6 is 0 Å². The lowest BCUT2D eigenvalue weighted by atomic mass is 10.1. The van der Waals surface area contributed by atoms with Crippen molar-refractivity contribution in [2.75, 3.05) is 18.0 Å². The van der Waals surface area contributed by atoms with Gasteiger partial charge in [0.1, 0.15) is 6.54 Å². The maximum Gasteiger partial charge on any atom is 0.323 e. The number of carbonyl (C=O) groups is 1. The van der Waals surface area contributed by atoms with E-state index in [9.17, 15) is 4.79 Å². The van der Waals surface area contributed by atoms with E-state index >= 15 is 0 Å². The Hall–Kier alpha value is -1.51. The molecule has 0 heterocycles. The maximum atomic E-state index is 10.8. The zero-order valence-electron chi connectivity index (χ0n) is 10.1. The lowest BCUT2D eigenvalue weighted by Crippen LogP contribution is -2.32. The smallest absolute Gasteiger partial charge is 0.323 e. The highest BCUT2D eigenvalue weighted by molar-refractivity contribution is 5.73. The molecule has 0 bridgehead atoms. The third-order valence-corrected chi connectivity index (χ3v) is 2.31. The summed E-state index contributed by atoms with van der Waals surface area (Å²) in [5.74, 6) is -0.345. The van der Waals surface area contributed by atoms with Gasteiger partial charge in [-0.25, -0.2) is 0 Å². The first kappa shape index (κ1) is 12.6. The molecule has 0 amide bonds. The van der Waals surface area contributed by atoms with Crippen LogP contribution in [-0.4, -0.2) is 24.2 Å². The average molecular weight is 221 g/mol. The van der Waals surface area contributed by atoms with E-state index in [1.54, 1.807) is 0 Å². The Labute approximate surface area is 96.7 Å². The molecule has 1 aromatic carbocycles. The number of hydrogen-bond donors (Lipinski definition) is 1. The molecule has 0 unspecified atom stereocenters. The summed E-state index contributed by atoms with van der Waals surface area (Å²) < 4.78 is 0. The van der Waals surface area contributed by atoms with Crippen molar-refractivity contribution in [1.29, 1.82) is 0 Å². The summed E-state index contributed by atoms with van der Waals surface area (Å²) in [7, 11) is 0. The molecule has 0 saturated carbocycles. The molecule has 1 aromatic rings. The number of aryl methyl sites for hydroxylation is 1. The lowest BCUT2D eigenvalue weighted by Gasteiger charge is -2.24. The largest absolute Gasteiger partial charge is 0.480 e. The Morgan fingerprint density at radius 1 is 1.31 bits per heavy atom. The second-order valence-corrected chi connectivity index (χ2v) is 4.50. The molecule has 0 atom stereocenters. The summed E-state index contributed by atoms with van der Waals surface area (Å²) in [6.45, 7) is 7.01. The minimum absolute atomic E-state index is 0.0568. The van der Waals surface area contributed by atoms with Crippen LogP contribution in [-0.2, 0) is 4.79 Å². The van der Waals surface area contributed by atoms with Crippen LogP contribution in [0.3, 0.4) is 0 Å². The van der Waals surface area contributed by atoms with Crippen molar-refractivity contribution >= 4 is 11.7 Å². The van der Waals surface area contributed by atoms with Gasteiger partial charge in [-0.3, -0.25) is 4.79 Å². The Bertz CT molecular complexity index is 343. The fourth-order valence-electron chi connectivity index (χ4n) is 1.62. The second-order valence-electron chi connectivity index (χ2n) is 4.50. The molecule has 1 N–H and O–H groups in total. The maximum absolute atomic E-state index is 10.8. The number of rotatable bonds is 5. The number of nitrogens with zero attached hydrogens (tertiary/aromatic N) is 1. The Kier molecular flexibility index (Phi) is 4.35. The SMILES string of the molecule is Cc1ccc(N(CC(=O)O)CC(C)C)cc1. The van der Waals surface area contributed by atoms with Crippen molar-refractivity contribution in [2.45, 2.75) is 20.8 Å².